The van der Waals surface area contributed by atoms with E-state index in [9.17, 15) is 9.59 Å². The highest BCUT2D eigenvalue weighted by molar-refractivity contribution is 5.94. The SMILES string of the molecule is O=C(c1ccc(Cn2ccnc2)o1)N1C[C@H]2CNC(=O)[C@]23CCCC[C@@H]13. The van der Waals surface area contributed by atoms with Crippen LogP contribution in [0, 0.1) is 11.3 Å². The van der Waals surface area contributed by atoms with Crippen LogP contribution in [0.4, 0.5) is 0 Å². The van der Waals surface area contributed by atoms with Crippen LogP contribution < -0.4 is 5.32 Å². The second-order valence-corrected chi connectivity index (χ2v) is 7.67. The minimum absolute atomic E-state index is 0.00144. The quantitative estimate of drug-likeness (QED) is 0.909. The van der Waals surface area contributed by atoms with Gasteiger partial charge in [0, 0.05) is 37.4 Å². The van der Waals surface area contributed by atoms with E-state index < -0.39 is 0 Å². The summed E-state index contributed by atoms with van der Waals surface area (Å²) in [5.41, 5.74) is -0.375. The average Bonchev–Trinajstić information content (AvgIpc) is 3.41. The first-order valence-corrected chi connectivity index (χ1v) is 9.32. The second-order valence-electron chi connectivity index (χ2n) is 7.67. The summed E-state index contributed by atoms with van der Waals surface area (Å²) in [7, 11) is 0. The molecule has 26 heavy (non-hydrogen) atoms. The predicted octanol–water partition coefficient (Wildman–Crippen LogP) is 1.66. The Hall–Kier alpha value is -2.57. The van der Waals surface area contributed by atoms with Gasteiger partial charge >= 0.3 is 0 Å². The minimum atomic E-state index is -0.375. The first-order valence-electron chi connectivity index (χ1n) is 9.32. The molecule has 1 N–H and O–H groups in total. The van der Waals surface area contributed by atoms with Crippen LogP contribution >= 0.6 is 0 Å². The van der Waals surface area contributed by atoms with Crippen LogP contribution in [0.15, 0.2) is 35.3 Å². The molecule has 3 atom stereocenters. The summed E-state index contributed by atoms with van der Waals surface area (Å²) in [5, 5.41) is 3.03. The molecule has 2 aromatic rings. The Labute approximate surface area is 151 Å². The number of imidazole rings is 1. The smallest absolute Gasteiger partial charge is 0.289 e. The largest absolute Gasteiger partial charge is 0.454 e. The molecule has 0 aromatic carbocycles. The third-order valence-electron chi connectivity index (χ3n) is 6.40. The molecule has 4 heterocycles. The van der Waals surface area contributed by atoms with E-state index >= 15 is 0 Å². The lowest BCUT2D eigenvalue weighted by atomic mass is 9.67. The Morgan fingerprint density at radius 1 is 1.38 bits per heavy atom. The van der Waals surface area contributed by atoms with Crippen molar-refractivity contribution in [1.29, 1.82) is 0 Å². The summed E-state index contributed by atoms with van der Waals surface area (Å²) in [6.07, 6.45) is 9.22. The Bertz CT molecular complexity index is 843. The van der Waals surface area contributed by atoms with Gasteiger partial charge in [-0.2, -0.15) is 0 Å². The van der Waals surface area contributed by atoms with Crippen LogP contribution in [0.1, 0.15) is 42.0 Å². The van der Waals surface area contributed by atoms with Crippen LogP contribution in [0.5, 0.6) is 0 Å². The van der Waals surface area contributed by atoms with Crippen molar-refractivity contribution in [3.05, 3.63) is 42.4 Å². The normalized spacial score (nSPS) is 30.2. The van der Waals surface area contributed by atoms with E-state index in [0.29, 0.717) is 25.4 Å². The summed E-state index contributed by atoms with van der Waals surface area (Å²) in [6, 6.07) is 3.59. The van der Waals surface area contributed by atoms with Crippen molar-refractivity contribution < 1.29 is 14.0 Å². The maximum Gasteiger partial charge on any atom is 0.289 e. The molecule has 3 fully saturated rings. The third kappa shape index (κ3) is 2.15. The summed E-state index contributed by atoms with van der Waals surface area (Å²) in [6.45, 7) is 1.87. The summed E-state index contributed by atoms with van der Waals surface area (Å²) < 4.78 is 7.71. The summed E-state index contributed by atoms with van der Waals surface area (Å²) >= 11 is 0. The highest BCUT2D eigenvalue weighted by Gasteiger charge is 2.63. The van der Waals surface area contributed by atoms with Crippen LogP contribution in [0.3, 0.4) is 0 Å². The second kappa shape index (κ2) is 5.72. The Kier molecular flexibility index (Phi) is 3.45. The molecule has 0 bridgehead atoms. The predicted molar refractivity (Wildman–Crippen MR) is 92.3 cm³/mol. The van der Waals surface area contributed by atoms with Crippen molar-refractivity contribution in [2.45, 2.75) is 38.3 Å². The lowest BCUT2D eigenvalue weighted by molar-refractivity contribution is -0.131. The number of nitrogens with zero attached hydrogens (tertiary/aromatic N) is 3. The van der Waals surface area contributed by atoms with Crippen LogP contribution in [-0.2, 0) is 11.3 Å². The Balaban J connectivity index is 1.39. The molecule has 0 unspecified atom stereocenters. The number of carbonyl (C=O) groups excluding carboxylic acids is 2. The lowest BCUT2D eigenvalue weighted by Crippen LogP contribution is -2.49. The molecule has 1 spiro atoms. The topological polar surface area (TPSA) is 80.4 Å². The van der Waals surface area contributed by atoms with Crippen molar-refractivity contribution in [3.63, 3.8) is 0 Å². The van der Waals surface area contributed by atoms with E-state index in [4.69, 9.17) is 4.42 Å². The van der Waals surface area contributed by atoms with Gasteiger partial charge in [0.05, 0.1) is 18.3 Å². The number of aromatic nitrogens is 2. The molecule has 1 aliphatic carbocycles. The van der Waals surface area contributed by atoms with Gasteiger partial charge in [-0.05, 0) is 25.0 Å². The first kappa shape index (κ1) is 15.7. The van der Waals surface area contributed by atoms with Crippen LogP contribution in [0.25, 0.3) is 0 Å². The van der Waals surface area contributed by atoms with Gasteiger partial charge in [0.2, 0.25) is 5.91 Å². The average molecular weight is 354 g/mol. The van der Waals surface area contributed by atoms with Gasteiger partial charge < -0.3 is 19.2 Å². The molecule has 0 radical (unpaired) electrons. The molecule has 2 amide bonds. The number of hydrogen-bond acceptors (Lipinski definition) is 4. The zero-order chi connectivity index (χ0) is 17.7. The molecule has 1 saturated carbocycles. The standard InChI is InChI=1S/C19H22N4O3/c24-17(15-5-4-14(26-15)11-22-8-7-20-12-22)23-10-13-9-21-18(25)19(13)6-2-1-3-16(19)23/h4-5,7-8,12-13,16H,1-3,6,9-11H2,(H,21,25)/t13-,16-,19-/m1/s1. The molecule has 7 nitrogen and oxygen atoms in total. The molecular formula is C19H22N4O3. The lowest BCUT2D eigenvalue weighted by Gasteiger charge is -2.39. The molecule has 2 aliphatic heterocycles. The van der Waals surface area contributed by atoms with Crippen LogP contribution in [-0.4, -0.2) is 45.4 Å². The number of carbonyl (C=O) groups is 2. The van der Waals surface area contributed by atoms with E-state index in [-0.39, 0.29) is 29.2 Å². The molecule has 7 heteroatoms. The summed E-state index contributed by atoms with van der Waals surface area (Å²) in [4.78, 5) is 31.7. The maximum atomic E-state index is 13.1. The van der Waals surface area contributed by atoms with E-state index in [1.165, 1.54) is 0 Å². The first-order chi connectivity index (χ1) is 12.7. The van der Waals surface area contributed by atoms with Crippen molar-refractivity contribution in [2.24, 2.45) is 11.3 Å². The molecule has 5 rings (SSSR count). The zero-order valence-electron chi connectivity index (χ0n) is 14.6. The molecule has 2 aromatic heterocycles. The number of rotatable bonds is 3. The summed E-state index contributed by atoms with van der Waals surface area (Å²) in [5.74, 6) is 1.37. The van der Waals surface area contributed by atoms with Gasteiger partial charge in [-0.1, -0.05) is 12.8 Å². The highest BCUT2D eigenvalue weighted by atomic mass is 16.4. The monoisotopic (exact) mass is 354 g/mol. The van der Waals surface area contributed by atoms with Crippen LogP contribution in [0.2, 0.25) is 0 Å². The third-order valence-corrected chi connectivity index (χ3v) is 6.40. The van der Waals surface area contributed by atoms with E-state index in [0.717, 1.165) is 31.4 Å². The number of likely N-dealkylation sites (tertiary alicyclic amines) is 1. The van der Waals surface area contributed by atoms with Crippen molar-refractivity contribution >= 4 is 11.8 Å². The number of furan rings is 1. The number of nitrogens with one attached hydrogen (secondary N) is 1. The molecule has 136 valence electrons. The molecule has 3 aliphatic rings. The van der Waals surface area contributed by atoms with Crippen molar-refractivity contribution in [1.82, 2.24) is 19.8 Å². The van der Waals surface area contributed by atoms with Gasteiger partial charge in [0.25, 0.3) is 5.91 Å². The van der Waals surface area contributed by atoms with Gasteiger partial charge in [0.1, 0.15) is 5.76 Å². The van der Waals surface area contributed by atoms with E-state index in [1.807, 2.05) is 21.7 Å². The fourth-order valence-corrected chi connectivity index (χ4v) is 5.20. The number of amides is 2. The van der Waals surface area contributed by atoms with Crippen molar-refractivity contribution in [3.8, 4) is 0 Å². The molecular weight excluding hydrogens is 332 g/mol. The van der Waals surface area contributed by atoms with Gasteiger partial charge in [-0.3, -0.25) is 9.59 Å². The number of hydrogen-bond donors (Lipinski definition) is 1. The van der Waals surface area contributed by atoms with E-state index in [2.05, 4.69) is 10.3 Å². The van der Waals surface area contributed by atoms with E-state index in [1.54, 1.807) is 18.6 Å². The van der Waals surface area contributed by atoms with Gasteiger partial charge in [0.15, 0.2) is 5.76 Å². The van der Waals surface area contributed by atoms with Gasteiger partial charge in [-0.25, -0.2) is 4.98 Å². The molecule has 2 saturated heterocycles. The fraction of sp³-hybridized carbons (Fsp3) is 0.526. The minimum Gasteiger partial charge on any atom is -0.454 e. The van der Waals surface area contributed by atoms with Crippen molar-refractivity contribution in [2.75, 3.05) is 13.1 Å². The Morgan fingerprint density at radius 2 is 2.31 bits per heavy atom. The maximum absolute atomic E-state index is 13.1. The fourth-order valence-electron chi connectivity index (χ4n) is 5.20. The Morgan fingerprint density at radius 3 is 3.15 bits per heavy atom. The van der Waals surface area contributed by atoms with Gasteiger partial charge in [-0.15, -0.1) is 0 Å². The zero-order valence-corrected chi connectivity index (χ0v) is 14.6. The highest BCUT2D eigenvalue weighted by Crippen LogP contribution is 2.53.